The molecule has 5 N–H and O–H groups in total. The number of nitrogens with zero attached hydrogens (tertiary/aromatic N) is 1. The van der Waals surface area contributed by atoms with E-state index in [1.165, 1.54) is 0 Å². The summed E-state index contributed by atoms with van der Waals surface area (Å²) in [5, 5.41) is 0. The fraction of sp³-hybridized carbons (Fsp3) is 0.222. The first-order valence-electron chi connectivity index (χ1n) is 4.07. The molecule has 0 aliphatic rings. The molecule has 70 valence electrons. The lowest BCUT2D eigenvalue weighted by atomic mass is 10.1. The number of hydrazine groups is 1. The molecule has 0 bridgehead atoms. The second kappa shape index (κ2) is 4.59. The molecule has 1 aromatic heterocycles. The van der Waals surface area contributed by atoms with Crippen LogP contribution in [0.2, 0.25) is 0 Å². The molecular weight excluding hydrogens is 164 g/mol. The highest BCUT2D eigenvalue weighted by Gasteiger charge is 2.10. The fourth-order valence-corrected chi connectivity index (χ4v) is 1.18. The number of nitrogen functional groups attached to an aromatic ring is 1. The zero-order valence-corrected chi connectivity index (χ0v) is 7.40. The molecule has 0 aliphatic heterocycles. The average molecular weight is 178 g/mol. The molecule has 0 saturated heterocycles. The first kappa shape index (κ1) is 9.70. The van der Waals surface area contributed by atoms with Gasteiger partial charge in [0.25, 0.3) is 0 Å². The fourth-order valence-electron chi connectivity index (χ4n) is 1.18. The van der Waals surface area contributed by atoms with Gasteiger partial charge in [-0.05, 0) is 12.5 Å². The lowest BCUT2D eigenvalue weighted by Crippen LogP contribution is -2.28. The Morgan fingerprint density at radius 3 is 3.00 bits per heavy atom. The molecule has 13 heavy (non-hydrogen) atoms. The molecule has 0 amide bonds. The van der Waals surface area contributed by atoms with E-state index in [9.17, 15) is 0 Å². The van der Waals surface area contributed by atoms with E-state index in [0.29, 0.717) is 5.82 Å². The highest BCUT2D eigenvalue weighted by atomic mass is 15.2. The van der Waals surface area contributed by atoms with Crippen LogP contribution in [0.1, 0.15) is 18.0 Å². The van der Waals surface area contributed by atoms with Crippen LogP contribution in [0.4, 0.5) is 5.82 Å². The molecule has 0 fully saturated rings. The third-order valence-electron chi connectivity index (χ3n) is 1.85. The van der Waals surface area contributed by atoms with E-state index in [1.54, 1.807) is 12.3 Å². The molecule has 4 heteroatoms. The largest absolute Gasteiger partial charge is 0.383 e. The SMILES string of the molecule is C=CCC(NN)c1cccnc1N. The Morgan fingerprint density at radius 1 is 1.69 bits per heavy atom. The van der Waals surface area contributed by atoms with Crippen LogP contribution in [0, 0.1) is 0 Å². The summed E-state index contributed by atoms with van der Waals surface area (Å²) >= 11 is 0. The standard InChI is InChI=1S/C9H14N4/c1-2-4-8(13-11)7-5-3-6-12-9(7)10/h2-3,5-6,8,13H,1,4,11H2,(H2,10,12). The molecule has 1 rings (SSSR count). The summed E-state index contributed by atoms with van der Waals surface area (Å²) in [6.45, 7) is 3.65. The molecule has 0 radical (unpaired) electrons. The van der Waals surface area contributed by atoms with E-state index in [2.05, 4.69) is 17.0 Å². The zero-order chi connectivity index (χ0) is 9.68. The van der Waals surface area contributed by atoms with E-state index in [4.69, 9.17) is 11.6 Å². The van der Waals surface area contributed by atoms with Gasteiger partial charge in [-0.15, -0.1) is 6.58 Å². The molecule has 0 aromatic carbocycles. The molecule has 4 nitrogen and oxygen atoms in total. The Kier molecular flexibility index (Phi) is 3.42. The molecule has 1 unspecified atom stereocenters. The molecular formula is C9H14N4. The third kappa shape index (κ3) is 2.27. The first-order chi connectivity index (χ1) is 6.29. The van der Waals surface area contributed by atoms with Crippen molar-refractivity contribution in [2.75, 3.05) is 5.73 Å². The second-order valence-electron chi connectivity index (χ2n) is 2.72. The van der Waals surface area contributed by atoms with E-state index in [1.807, 2.05) is 12.1 Å². The van der Waals surface area contributed by atoms with Gasteiger partial charge in [0.1, 0.15) is 5.82 Å². The van der Waals surface area contributed by atoms with E-state index >= 15 is 0 Å². The van der Waals surface area contributed by atoms with Gasteiger partial charge in [0.2, 0.25) is 0 Å². The van der Waals surface area contributed by atoms with Crippen LogP contribution < -0.4 is 17.0 Å². The molecule has 1 aromatic rings. The molecule has 0 aliphatic carbocycles. The Hall–Kier alpha value is -1.39. The van der Waals surface area contributed by atoms with Crippen molar-refractivity contribution in [3.8, 4) is 0 Å². The normalized spacial score (nSPS) is 12.4. The van der Waals surface area contributed by atoms with Crippen LogP contribution in [0.15, 0.2) is 31.0 Å². The Labute approximate surface area is 77.6 Å². The lowest BCUT2D eigenvalue weighted by molar-refractivity contribution is 0.562. The number of pyridine rings is 1. The Balaban J connectivity index is 2.90. The van der Waals surface area contributed by atoms with Crippen LogP contribution >= 0.6 is 0 Å². The summed E-state index contributed by atoms with van der Waals surface area (Å²) in [6, 6.07) is 3.72. The highest BCUT2D eigenvalue weighted by molar-refractivity contribution is 5.40. The van der Waals surface area contributed by atoms with Gasteiger partial charge < -0.3 is 5.73 Å². The van der Waals surface area contributed by atoms with Crippen molar-refractivity contribution in [3.63, 3.8) is 0 Å². The van der Waals surface area contributed by atoms with Gasteiger partial charge in [-0.2, -0.15) is 0 Å². The van der Waals surface area contributed by atoms with Crippen LogP contribution in [-0.2, 0) is 0 Å². The Bertz CT molecular complexity index is 285. The smallest absolute Gasteiger partial charge is 0.128 e. The van der Waals surface area contributed by atoms with Gasteiger partial charge in [-0.3, -0.25) is 11.3 Å². The van der Waals surface area contributed by atoms with E-state index < -0.39 is 0 Å². The van der Waals surface area contributed by atoms with Gasteiger partial charge in [-0.1, -0.05) is 12.1 Å². The quantitative estimate of drug-likeness (QED) is 0.361. The summed E-state index contributed by atoms with van der Waals surface area (Å²) in [6.07, 6.45) is 4.17. The lowest BCUT2D eigenvalue weighted by Gasteiger charge is -2.15. The van der Waals surface area contributed by atoms with Crippen molar-refractivity contribution in [2.45, 2.75) is 12.5 Å². The summed E-state index contributed by atoms with van der Waals surface area (Å²) in [5.74, 6) is 5.89. The summed E-state index contributed by atoms with van der Waals surface area (Å²) in [5.41, 5.74) is 9.26. The number of nitrogens with two attached hydrogens (primary N) is 2. The van der Waals surface area contributed by atoms with Gasteiger partial charge in [-0.25, -0.2) is 4.98 Å². The Morgan fingerprint density at radius 2 is 2.46 bits per heavy atom. The minimum atomic E-state index is -0.00815. The molecule has 0 saturated carbocycles. The third-order valence-corrected chi connectivity index (χ3v) is 1.85. The minimum absolute atomic E-state index is 0.00815. The maximum atomic E-state index is 5.69. The van der Waals surface area contributed by atoms with Crippen LogP contribution in [-0.4, -0.2) is 4.98 Å². The van der Waals surface area contributed by atoms with Crippen molar-refractivity contribution >= 4 is 5.82 Å². The predicted molar refractivity (Wildman–Crippen MR) is 53.5 cm³/mol. The molecule has 1 atom stereocenters. The van der Waals surface area contributed by atoms with Crippen LogP contribution in [0.5, 0.6) is 0 Å². The highest BCUT2D eigenvalue weighted by Crippen LogP contribution is 2.19. The maximum Gasteiger partial charge on any atom is 0.128 e. The average Bonchev–Trinajstić information content (AvgIpc) is 2.16. The topological polar surface area (TPSA) is 77.0 Å². The molecule has 0 spiro atoms. The summed E-state index contributed by atoms with van der Waals surface area (Å²) in [7, 11) is 0. The second-order valence-corrected chi connectivity index (χ2v) is 2.72. The molecule has 1 heterocycles. The number of anilines is 1. The van der Waals surface area contributed by atoms with Crippen molar-refractivity contribution in [2.24, 2.45) is 5.84 Å². The number of hydrogen-bond donors (Lipinski definition) is 3. The van der Waals surface area contributed by atoms with Gasteiger partial charge in [0.15, 0.2) is 0 Å². The maximum absolute atomic E-state index is 5.69. The number of hydrogen-bond acceptors (Lipinski definition) is 4. The van der Waals surface area contributed by atoms with Crippen LogP contribution in [0.3, 0.4) is 0 Å². The first-order valence-corrected chi connectivity index (χ1v) is 4.07. The van der Waals surface area contributed by atoms with Gasteiger partial charge >= 0.3 is 0 Å². The van der Waals surface area contributed by atoms with E-state index in [0.717, 1.165) is 12.0 Å². The number of rotatable bonds is 4. The minimum Gasteiger partial charge on any atom is -0.383 e. The van der Waals surface area contributed by atoms with Crippen molar-refractivity contribution in [1.82, 2.24) is 10.4 Å². The van der Waals surface area contributed by atoms with Crippen molar-refractivity contribution in [1.29, 1.82) is 0 Å². The summed E-state index contributed by atoms with van der Waals surface area (Å²) < 4.78 is 0. The van der Waals surface area contributed by atoms with E-state index in [-0.39, 0.29) is 6.04 Å². The van der Waals surface area contributed by atoms with Crippen molar-refractivity contribution < 1.29 is 0 Å². The van der Waals surface area contributed by atoms with Gasteiger partial charge in [0, 0.05) is 11.8 Å². The monoisotopic (exact) mass is 178 g/mol. The number of nitrogens with one attached hydrogen (secondary N) is 1. The summed E-state index contributed by atoms with van der Waals surface area (Å²) in [4.78, 5) is 3.98. The predicted octanol–water partition coefficient (Wildman–Crippen LogP) is 0.744. The number of aromatic nitrogens is 1. The van der Waals surface area contributed by atoms with Gasteiger partial charge in [0.05, 0.1) is 6.04 Å². The zero-order valence-electron chi connectivity index (χ0n) is 7.40. The van der Waals surface area contributed by atoms with Crippen LogP contribution in [0.25, 0.3) is 0 Å². The van der Waals surface area contributed by atoms with Crippen molar-refractivity contribution in [3.05, 3.63) is 36.5 Å².